The van der Waals surface area contributed by atoms with Crippen molar-refractivity contribution < 1.29 is 14.6 Å². The number of benzene rings is 1. The zero-order chi connectivity index (χ0) is 18.4. The van der Waals surface area contributed by atoms with Crippen LogP contribution in [0, 0.1) is 10.1 Å². The summed E-state index contributed by atoms with van der Waals surface area (Å²) in [6, 6.07) is 6.52. The Morgan fingerprint density at radius 3 is 2.88 bits per heavy atom. The predicted molar refractivity (Wildman–Crippen MR) is 92.1 cm³/mol. The van der Waals surface area contributed by atoms with Gasteiger partial charge in [0.05, 0.1) is 0 Å². The molecule has 1 aromatic carbocycles. The molecule has 1 atom stereocenters. The van der Waals surface area contributed by atoms with Gasteiger partial charge >= 0.3 is 148 Å². The number of aliphatic imine (C=N–C) groups is 1. The molecule has 0 aliphatic rings. The van der Waals surface area contributed by atoms with Crippen LogP contribution in [0.2, 0.25) is 0 Å². The number of fused-ring (bicyclic) bond motifs is 1. The molecule has 11 heteroatoms. The number of carbonyl (C=O) groups excluding carboxylic acids is 1. The van der Waals surface area contributed by atoms with Gasteiger partial charge in [-0.2, -0.15) is 0 Å². The number of esters is 1. The quantitative estimate of drug-likeness (QED) is 0.120. The van der Waals surface area contributed by atoms with E-state index in [1.165, 1.54) is 10.7 Å². The maximum absolute atomic E-state index is 12.5. The predicted octanol–water partition coefficient (Wildman–Crippen LogP) is -0.351. The number of nitro groups is 1. The van der Waals surface area contributed by atoms with Crippen molar-refractivity contribution in [1.82, 2.24) is 8.99 Å². The number of methoxy groups -OCH3 is 1. The summed E-state index contributed by atoms with van der Waals surface area (Å²) in [5.74, 6) is -0.808. The van der Waals surface area contributed by atoms with Crippen molar-refractivity contribution in [2.45, 2.75) is 18.9 Å². The van der Waals surface area contributed by atoms with E-state index in [1.54, 1.807) is 17.6 Å². The number of nitrogens with one attached hydrogen (secondary N) is 1. The Morgan fingerprint density at radius 1 is 1.52 bits per heavy atom. The van der Waals surface area contributed by atoms with Crippen molar-refractivity contribution >= 4 is 36.3 Å². The van der Waals surface area contributed by atoms with Crippen molar-refractivity contribution in [1.29, 1.82) is 0 Å². The summed E-state index contributed by atoms with van der Waals surface area (Å²) in [5, 5.41) is 10.0. The van der Waals surface area contributed by atoms with Crippen LogP contribution in [0.5, 0.6) is 0 Å². The summed E-state index contributed by atoms with van der Waals surface area (Å²) in [4.78, 5) is 38.6. The molecule has 0 saturated carbocycles. The fourth-order valence-electron chi connectivity index (χ4n) is 2.27. The molecule has 0 aliphatic heterocycles. The van der Waals surface area contributed by atoms with E-state index in [2.05, 4.69) is 4.99 Å². The first-order chi connectivity index (χ1) is 11.9. The second kappa shape index (κ2) is 8.45. The third kappa shape index (κ3) is 4.68. The number of nitrogens with zero attached hydrogens (tertiary/aromatic N) is 3. The van der Waals surface area contributed by atoms with E-state index < -0.39 is 17.0 Å². The first-order valence-electron chi connectivity index (χ1n) is 7.33. The third-order valence-corrected chi connectivity index (χ3v) is 5.85. The van der Waals surface area contributed by atoms with E-state index in [0.717, 1.165) is 4.26 Å². The Hall–Kier alpha value is -2.65. The van der Waals surface area contributed by atoms with E-state index in [0.29, 0.717) is 18.2 Å². The van der Waals surface area contributed by atoms with E-state index in [-0.39, 0.29) is 32.8 Å². The molecule has 1 aromatic heterocycles. The number of guanidine groups is 1. The van der Waals surface area contributed by atoms with Crippen LogP contribution >= 0.6 is 0 Å². The molecule has 0 spiro atoms. The van der Waals surface area contributed by atoms with Crippen molar-refractivity contribution in [3.8, 4) is 0 Å². The van der Waals surface area contributed by atoms with E-state index in [9.17, 15) is 19.7 Å². The molecule has 0 aliphatic carbocycles. The summed E-state index contributed by atoms with van der Waals surface area (Å²) in [6.07, 6.45) is 0.736. The van der Waals surface area contributed by atoms with E-state index in [4.69, 9.17) is 10.5 Å². The van der Waals surface area contributed by atoms with Gasteiger partial charge in [-0.15, -0.1) is 0 Å². The molecule has 0 fully saturated rings. The molecule has 0 saturated heterocycles. The molecule has 0 bridgehead atoms. The molecule has 2 rings (SSSR count). The zero-order valence-corrected chi connectivity index (χ0v) is 15.1. The zero-order valence-electron chi connectivity index (χ0n) is 13.4. The number of aromatic nitrogens is 1. The third-order valence-electron chi connectivity index (χ3n) is 3.39. The van der Waals surface area contributed by atoms with Crippen molar-refractivity contribution in [3.05, 3.63) is 44.7 Å². The van der Waals surface area contributed by atoms with Gasteiger partial charge in [0.15, 0.2) is 0 Å². The molecule has 134 valence electrons. The number of hydrogen-bond donors (Lipinski definition) is 2. The number of nitrogens with two attached hydrogens (primary N) is 1. The van der Waals surface area contributed by atoms with E-state index >= 15 is 0 Å². The van der Waals surface area contributed by atoms with Gasteiger partial charge in [0.25, 0.3) is 0 Å². The van der Waals surface area contributed by atoms with Crippen LogP contribution in [-0.2, 0) is 9.53 Å². The molecule has 1 heterocycles. The number of hydrazine groups is 1. The standard InChI is InChI=1S/C14H17N5O5Se/c1-24-13(21)10(6-4-8-16-14(15)17-19(22)23)18-12(20)9-5-2-3-7-11(9)25-18/h2-3,5,7,10H,4,6,8H2,1H3,(H3,15,16,17)/t10-/m0/s1. The van der Waals surface area contributed by atoms with Gasteiger partial charge in [0, 0.05) is 0 Å². The Morgan fingerprint density at radius 2 is 2.24 bits per heavy atom. The Bertz CT molecular complexity index is 859. The van der Waals surface area contributed by atoms with Gasteiger partial charge in [-0.3, -0.25) is 0 Å². The summed E-state index contributed by atoms with van der Waals surface area (Å²) in [6.45, 7) is 0.183. The molecule has 10 nitrogen and oxygen atoms in total. The first-order valence-corrected chi connectivity index (χ1v) is 8.95. The molecular weight excluding hydrogens is 397 g/mol. The summed E-state index contributed by atoms with van der Waals surface area (Å²) in [7, 11) is 1.27. The topological polar surface area (TPSA) is 142 Å². The van der Waals surface area contributed by atoms with Gasteiger partial charge in [-0.05, 0) is 0 Å². The van der Waals surface area contributed by atoms with Gasteiger partial charge in [-0.1, -0.05) is 0 Å². The Labute approximate surface area is 148 Å². The summed E-state index contributed by atoms with van der Waals surface area (Å²) >= 11 is -0.304. The van der Waals surface area contributed by atoms with Gasteiger partial charge in [-0.25, -0.2) is 0 Å². The monoisotopic (exact) mass is 415 g/mol. The Kier molecular flexibility index (Phi) is 6.31. The minimum absolute atomic E-state index is 0.183. The first kappa shape index (κ1) is 18.7. The fraction of sp³-hybridized carbons (Fsp3) is 0.357. The van der Waals surface area contributed by atoms with Crippen LogP contribution in [0.1, 0.15) is 18.9 Å². The van der Waals surface area contributed by atoms with Crippen LogP contribution in [0.15, 0.2) is 34.1 Å². The van der Waals surface area contributed by atoms with Crippen molar-refractivity contribution in [2.24, 2.45) is 10.7 Å². The van der Waals surface area contributed by atoms with Crippen LogP contribution in [0.25, 0.3) is 9.65 Å². The van der Waals surface area contributed by atoms with Crippen LogP contribution in [0.3, 0.4) is 0 Å². The fourth-order valence-corrected chi connectivity index (χ4v) is 4.59. The van der Waals surface area contributed by atoms with E-state index in [1.807, 2.05) is 12.1 Å². The average molecular weight is 414 g/mol. The summed E-state index contributed by atoms with van der Waals surface area (Å²) < 4.78 is 7.27. The normalized spacial score (nSPS) is 12.8. The van der Waals surface area contributed by atoms with Crippen molar-refractivity contribution in [2.75, 3.05) is 13.7 Å². The molecule has 0 radical (unpaired) electrons. The number of ether oxygens (including phenoxy) is 1. The van der Waals surface area contributed by atoms with Gasteiger partial charge in [0.1, 0.15) is 0 Å². The van der Waals surface area contributed by atoms with Crippen LogP contribution in [0.4, 0.5) is 0 Å². The van der Waals surface area contributed by atoms with Crippen LogP contribution in [-0.4, -0.2) is 48.9 Å². The second-order valence-corrected chi connectivity index (χ2v) is 7.17. The minimum atomic E-state index is -0.807. The number of carbonyl (C=O) groups is 1. The SMILES string of the molecule is COC(=O)[C@H](CCCN=C(N)N[N+](=O)[O-])n1[se]c2ccccc2c1=O. The Balaban J connectivity index is 2.14. The van der Waals surface area contributed by atoms with Crippen molar-refractivity contribution in [3.63, 3.8) is 0 Å². The molecule has 3 N–H and O–H groups in total. The summed E-state index contributed by atoms with van der Waals surface area (Å²) in [5.41, 5.74) is 6.87. The van der Waals surface area contributed by atoms with Gasteiger partial charge in [0.2, 0.25) is 0 Å². The number of hydrogen-bond acceptors (Lipinski definition) is 6. The molecule has 0 unspecified atom stereocenters. The molecular formula is C14H17N5O5Se. The average Bonchev–Trinajstić information content (AvgIpc) is 2.90. The van der Waals surface area contributed by atoms with Crippen LogP contribution < -0.4 is 16.7 Å². The second-order valence-electron chi connectivity index (χ2n) is 5.04. The number of rotatable bonds is 7. The molecule has 0 amide bonds. The molecule has 2 aromatic rings. The molecule has 25 heavy (non-hydrogen) atoms. The van der Waals surface area contributed by atoms with Gasteiger partial charge < -0.3 is 0 Å². The maximum atomic E-state index is 12.5.